The van der Waals surface area contributed by atoms with Crippen LogP contribution in [0.5, 0.6) is 5.75 Å². The Hall–Kier alpha value is -2.32. The molecule has 0 saturated carbocycles. The van der Waals surface area contributed by atoms with Gasteiger partial charge in [0.1, 0.15) is 12.4 Å². The van der Waals surface area contributed by atoms with Gasteiger partial charge in [-0.1, -0.05) is 49.5 Å². The lowest BCUT2D eigenvalue weighted by Gasteiger charge is -2.44. The van der Waals surface area contributed by atoms with E-state index in [4.69, 9.17) is 11.2 Å². The van der Waals surface area contributed by atoms with Gasteiger partial charge in [0.25, 0.3) is 0 Å². The molecular formula is C26H28BrNO3. The number of ketones is 2. The zero-order valence-corrected chi connectivity index (χ0v) is 20.1. The number of hydrogen-bond donors (Lipinski definition) is 1. The number of rotatable bonds is 3. The minimum atomic E-state index is -0.441. The van der Waals surface area contributed by atoms with E-state index in [1.165, 1.54) is 0 Å². The summed E-state index contributed by atoms with van der Waals surface area (Å²) in [5, 5.41) is 3.54. The maximum Gasteiger partial charge on any atom is 0.162 e. The van der Waals surface area contributed by atoms with Gasteiger partial charge in [-0.25, -0.2) is 0 Å². The summed E-state index contributed by atoms with van der Waals surface area (Å²) in [6.07, 6.45) is 7.88. The summed E-state index contributed by atoms with van der Waals surface area (Å²) in [7, 11) is 0. The smallest absolute Gasteiger partial charge is 0.162 e. The summed E-state index contributed by atoms with van der Waals surface area (Å²) in [6, 6.07) is 5.70. The molecule has 0 fully saturated rings. The Balaban J connectivity index is 1.95. The molecule has 0 saturated heterocycles. The summed E-state index contributed by atoms with van der Waals surface area (Å²) in [6.45, 7) is 8.59. The molecule has 31 heavy (non-hydrogen) atoms. The molecule has 1 aliphatic heterocycles. The van der Waals surface area contributed by atoms with E-state index < -0.39 is 5.92 Å². The van der Waals surface area contributed by atoms with E-state index in [1.54, 1.807) is 0 Å². The normalized spacial score (nSPS) is 22.5. The summed E-state index contributed by atoms with van der Waals surface area (Å²) in [4.78, 5) is 26.9. The molecular weight excluding hydrogens is 454 g/mol. The molecule has 4 nitrogen and oxygen atoms in total. The standard InChI is InChI=1S/C26H28BrNO3/c1-6-9-31-21-8-7-15(27)10-16(21)22-23-17(11-25(2,3)13-19(23)29)28-18-12-26(4,5)14-20(30)24(18)22/h1,7-8,10,22,28H,9,11-14H2,2-5H3. The Morgan fingerprint density at radius 1 is 1.03 bits per heavy atom. The number of carbonyl (C=O) groups excluding carboxylic acids is 2. The lowest BCUT2D eigenvalue weighted by atomic mass is 9.64. The second-order valence-corrected chi connectivity index (χ2v) is 11.3. The van der Waals surface area contributed by atoms with Crippen molar-refractivity contribution in [1.82, 2.24) is 5.32 Å². The number of allylic oxidation sites excluding steroid dienone is 4. The van der Waals surface area contributed by atoms with Gasteiger partial charge in [-0.2, -0.15) is 0 Å². The molecule has 0 unspecified atom stereocenters. The van der Waals surface area contributed by atoms with Crippen LogP contribution in [0.25, 0.3) is 0 Å². The van der Waals surface area contributed by atoms with Crippen molar-refractivity contribution in [1.29, 1.82) is 0 Å². The van der Waals surface area contributed by atoms with Gasteiger partial charge in [0.15, 0.2) is 11.6 Å². The molecule has 1 aromatic carbocycles. The molecule has 1 aromatic rings. The summed E-state index contributed by atoms with van der Waals surface area (Å²) >= 11 is 3.56. The third-order valence-corrected chi connectivity index (χ3v) is 6.81. The molecule has 2 aliphatic carbocycles. The topological polar surface area (TPSA) is 55.4 Å². The number of ether oxygens (including phenoxy) is 1. The van der Waals surface area contributed by atoms with Crippen LogP contribution >= 0.6 is 15.9 Å². The van der Waals surface area contributed by atoms with E-state index in [-0.39, 0.29) is 29.0 Å². The van der Waals surface area contributed by atoms with Gasteiger partial charge in [0.2, 0.25) is 0 Å². The summed E-state index contributed by atoms with van der Waals surface area (Å²) < 4.78 is 6.73. The third kappa shape index (κ3) is 4.11. The summed E-state index contributed by atoms with van der Waals surface area (Å²) in [5.74, 6) is 2.87. The van der Waals surface area contributed by atoms with Crippen molar-refractivity contribution in [3.63, 3.8) is 0 Å². The molecule has 3 aliphatic rings. The second-order valence-electron chi connectivity index (χ2n) is 10.4. The highest BCUT2D eigenvalue weighted by Gasteiger charge is 2.47. The Labute approximate surface area is 192 Å². The van der Waals surface area contributed by atoms with Crippen LogP contribution < -0.4 is 10.1 Å². The molecule has 1 heterocycles. The van der Waals surface area contributed by atoms with Gasteiger partial charge in [-0.05, 0) is 41.9 Å². The quantitative estimate of drug-likeness (QED) is 0.584. The molecule has 4 rings (SSSR count). The van der Waals surface area contributed by atoms with Crippen LogP contribution in [0.1, 0.15) is 64.9 Å². The molecule has 5 heteroatoms. The van der Waals surface area contributed by atoms with E-state index >= 15 is 0 Å². The number of halogens is 1. The Bertz CT molecular complexity index is 1030. The first-order valence-corrected chi connectivity index (χ1v) is 11.5. The highest BCUT2D eigenvalue weighted by atomic mass is 79.9. The molecule has 0 radical (unpaired) electrons. The van der Waals surface area contributed by atoms with Gasteiger partial charge >= 0.3 is 0 Å². The van der Waals surface area contributed by atoms with Crippen LogP contribution in [-0.4, -0.2) is 18.2 Å². The number of benzene rings is 1. The first-order valence-electron chi connectivity index (χ1n) is 10.7. The summed E-state index contributed by atoms with van der Waals surface area (Å²) in [5.41, 5.74) is 3.85. The highest BCUT2D eigenvalue weighted by Crippen LogP contribution is 2.52. The van der Waals surface area contributed by atoms with Crippen LogP contribution in [0.15, 0.2) is 45.2 Å². The van der Waals surface area contributed by atoms with Crippen molar-refractivity contribution in [2.75, 3.05) is 6.61 Å². The van der Waals surface area contributed by atoms with E-state index in [2.05, 4.69) is 54.9 Å². The van der Waals surface area contributed by atoms with Gasteiger partial charge in [-0.3, -0.25) is 9.59 Å². The van der Waals surface area contributed by atoms with Gasteiger partial charge in [0.05, 0.1) is 0 Å². The maximum atomic E-state index is 13.4. The highest BCUT2D eigenvalue weighted by molar-refractivity contribution is 9.10. The lowest BCUT2D eigenvalue weighted by molar-refractivity contribution is -0.119. The molecule has 0 spiro atoms. The van der Waals surface area contributed by atoms with Gasteiger partial charge < -0.3 is 10.1 Å². The second kappa shape index (κ2) is 7.67. The largest absolute Gasteiger partial charge is 0.481 e. The van der Waals surface area contributed by atoms with E-state index in [9.17, 15) is 9.59 Å². The molecule has 162 valence electrons. The molecule has 0 atom stereocenters. The first-order chi connectivity index (χ1) is 14.5. The predicted molar refractivity (Wildman–Crippen MR) is 124 cm³/mol. The molecule has 0 bridgehead atoms. The van der Waals surface area contributed by atoms with Crippen molar-refractivity contribution in [2.45, 2.75) is 59.3 Å². The third-order valence-electron chi connectivity index (χ3n) is 6.31. The molecule has 0 amide bonds. The van der Waals surface area contributed by atoms with Crippen LogP contribution in [0.4, 0.5) is 0 Å². The van der Waals surface area contributed by atoms with Crippen molar-refractivity contribution in [3.05, 3.63) is 50.8 Å². The average molecular weight is 482 g/mol. The average Bonchev–Trinajstić information content (AvgIpc) is 2.63. The van der Waals surface area contributed by atoms with Gasteiger partial charge in [0, 0.05) is 51.3 Å². The maximum absolute atomic E-state index is 13.4. The van der Waals surface area contributed by atoms with Crippen molar-refractivity contribution >= 4 is 27.5 Å². The van der Waals surface area contributed by atoms with E-state index in [1.807, 2.05) is 18.2 Å². The van der Waals surface area contributed by atoms with Crippen LogP contribution in [-0.2, 0) is 9.59 Å². The molecule has 0 aromatic heterocycles. The van der Waals surface area contributed by atoms with E-state index in [0.717, 1.165) is 34.3 Å². The Morgan fingerprint density at radius 3 is 2.10 bits per heavy atom. The lowest BCUT2D eigenvalue weighted by Crippen LogP contribution is -2.42. The minimum Gasteiger partial charge on any atom is -0.481 e. The van der Waals surface area contributed by atoms with Crippen molar-refractivity contribution < 1.29 is 14.3 Å². The number of Topliss-reactive ketones (excluding diaryl/α,β-unsaturated/α-hetero) is 2. The van der Waals surface area contributed by atoms with Crippen LogP contribution in [0.3, 0.4) is 0 Å². The zero-order valence-electron chi connectivity index (χ0n) is 18.5. The Kier molecular flexibility index (Phi) is 5.42. The number of terminal acetylenes is 1. The van der Waals surface area contributed by atoms with Crippen molar-refractivity contribution in [3.8, 4) is 18.1 Å². The van der Waals surface area contributed by atoms with Crippen molar-refractivity contribution in [2.24, 2.45) is 10.8 Å². The fraction of sp³-hybridized carbons (Fsp3) is 0.462. The van der Waals surface area contributed by atoms with Crippen LogP contribution in [0, 0.1) is 23.2 Å². The fourth-order valence-corrected chi connectivity index (χ4v) is 5.57. The van der Waals surface area contributed by atoms with Crippen LogP contribution in [0.2, 0.25) is 0 Å². The molecule has 1 N–H and O–H groups in total. The first kappa shape index (κ1) is 21.9. The fourth-order valence-electron chi connectivity index (χ4n) is 5.20. The van der Waals surface area contributed by atoms with Gasteiger partial charge in [-0.15, -0.1) is 6.42 Å². The predicted octanol–water partition coefficient (Wildman–Crippen LogP) is 5.43. The monoisotopic (exact) mass is 481 g/mol. The number of carbonyl (C=O) groups is 2. The number of hydrogen-bond acceptors (Lipinski definition) is 4. The number of dihydropyridines is 1. The minimum absolute atomic E-state index is 0.0933. The number of nitrogens with one attached hydrogen (secondary N) is 1. The zero-order chi connectivity index (χ0) is 22.6. The Morgan fingerprint density at radius 2 is 1.58 bits per heavy atom. The SMILES string of the molecule is C#CCOc1ccc(Br)cc1C1C2=C(CC(C)(C)CC2=O)NC2=C1C(=O)CC(C)(C)C2. The van der Waals surface area contributed by atoms with E-state index in [0.29, 0.717) is 29.7 Å².